The fourth-order valence-corrected chi connectivity index (χ4v) is 1.98. The van der Waals surface area contributed by atoms with Crippen LogP contribution < -0.4 is 11.1 Å². The molecule has 1 heterocycles. The SMILES string of the molecule is CC(CCCN)C(=O)NCc1ccsc1. The van der Waals surface area contributed by atoms with Crippen molar-refractivity contribution in [1.29, 1.82) is 0 Å². The standard InChI is InChI=1S/C11H18N2OS/c1-9(3-2-5-12)11(14)13-7-10-4-6-15-8-10/h4,6,8-9H,2-3,5,7,12H2,1H3,(H,13,14). The molecule has 0 bridgehead atoms. The lowest BCUT2D eigenvalue weighted by molar-refractivity contribution is -0.124. The van der Waals surface area contributed by atoms with Crippen molar-refractivity contribution in [2.24, 2.45) is 11.7 Å². The van der Waals surface area contributed by atoms with Crippen LogP contribution in [0.15, 0.2) is 16.8 Å². The smallest absolute Gasteiger partial charge is 0.223 e. The fourth-order valence-electron chi connectivity index (χ4n) is 1.31. The first kappa shape index (κ1) is 12.2. The second kappa shape index (κ2) is 6.58. The van der Waals surface area contributed by atoms with Crippen LogP contribution in [-0.4, -0.2) is 12.5 Å². The van der Waals surface area contributed by atoms with Gasteiger partial charge in [-0.1, -0.05) is 6.92 Å². The third-order valence-corrected chi connectivity index (χ3v) is 3.07. The first-order valence-corrected chi connectivity index (χ1v) is 6.17. The zero-order chi connectivity index (χ0) is 11.1. The van der Waals surface area contributed by atoms with Crippen LogP contribution in [0.5, 0.6) is 0 Å². The van der Waals surface area contributed by atoms with Crippen molar-refractivity contribution in [3.05, 3.63) is 22.4 Å². The topological polar surface area (TPSA) is 55.1 Å². The van der Waals surface area contributed by atoms with E-state index in [0.717, 1.165) is 12.8 Å². The normalized spacial score (nSPS) is 12.4. The predicted octanol–water partition coefficient (Wildman–Crippen LogP) is 1.74. The minimum absolute atomic E-state index is 0.0622. The van der Waals surface area contributed by atoms with E-state index >= 15 is 0 Å². The molecule has 4 heteroatoms. The summed E-state index contributed by atoms with van der Waals surface area (Å²) in [4.78, 5) is 11.6. The first-order chi connectivity index (χ1) is 7.24. The van der Waals surface area contributed by atoms with Gasteiger partial charge >= 0.3 is 0 Å². The molecule has 0 spiro atoms. The van der Waals surface area contributed by atoms with Crippen molar-refractivity contribution in [3.63, 3.8) is 0 Å². The van der Waals surface area contributed by atoms with E-state index in [2.05, 4.69) is 5.32 Å². The summed E-state index contributed by atoms with van der Waals surface area (Å²) in [6, 6.07) is 2.02. The number of nitrogens with one attached hydrogen (secondary N) is 1. The Bertz CT molecular complexity index is 285. The van der Waals surface area contributed by atoms with Gasteiger partial charge in [-0.15, -0.1) is 0 Å². The summed E-state index contributed by atoms with van der Waals surface area (Å²) in [5.41, 5.74) is 6.56. The molecule has 1 aromatic rings. The van der Waals surface area contributed by atoms with Crippen molar-refractivity contribution in [2.75, 3.05) is 6.54 Å². The lowest BCUT2D eigenvalue weighted by Gasteiger charge is -2.10. The summed E-state index contributed by atoms with van der Waals surface area (Å²) < 4.78 is 0. The van der Waals surface area contributed by atoms with Gasteiger partial charge in [0, 0.05) is 12.5 Å². The summed E-state index contributed by atoms with van der Waals surface area (Å²) in [6.07, 6.45) is 1.78. The first-order valence-electron chi connectivity index (χ1n) is 5.23. The van der Waals surface area contributed by atoms with Gasteiger partial charge in [-0.25, -0.2) is 0 Å². The van der Waals surface area contributed by atoms with E-state index in [0.29, 0.717) is 13.1 Å². The van der Waals surface area contributed by atoms with Crippen molar-refractivity contribution >= 4 is 17.2 Å². The van der Waals surface area contributed by atoms with Crippen LogP contribution >= 0.6 is 11.3 Å². The molecule has 0 aliphatic heterocycles. The van der Waals surface area contributed by atoms with Gasteiger partial charge in [0.1, 0.15) is 0 Å². The van der Waals surface area contributed by atoms with Crippen LogP contribution in [0, 0.1) is 5.92 Å². The molecule has 84 valence electrons. The van der Waals surface area contributed by atoms with Gasteiger partial charge in [-0.2, -0.15) is 11.3 Å². The van der Waals surface area contributed by atoms with Gasteiger partial charge in [0.15, 0.2) is 0 Å². The molecule has 3 nitrogen and oxygen atoms in total. The molecular formula is C11H18N2OS. The average Bonchev–Trinajstić information content (AvgIpc) is 2.75. The molecule has 3 N–H and O–H groups in total. The molecule has 1 atom stereocenters. The van der Waals surface area contributed by atoms with Gasteiger partial charge in [0.2, 0.25) is 5.91 Å². The Morgan fingerprint density at radius 1 is 1.67 bits per heavy atom. The van der Waals surface area contributed by atoms with Crippen molar-refractivity contribution in [3.8, 4) is 0 Å². The lowest BCUT2D eigenvalue weighted by Crippen LogP contribution is -2.28. The van der Waals surface area contributed by atoms with Crippen LogP contribution in [0.25, 0.3) is 0 Å². The number of hydrogen-bond acceptors (Lipinski definition) is 3. The Labute approximate surface area is 94.7 Å². The molecule has 15 heavy (non-hydrogen) atoms. The number of rotatable bonds is 6. The number of nitrogens with two attached hydrogens (primary N) is 1. The quantitative estimate of drug-likeness (QED) is 0.776. The van der Waals surface area contributed by atoms with E-state index in [4.69, 9.17) is 5.73 Å². The number of carbonyl (C=O) groups is 1. The molecular weight excluding hydrogens is 208 g/mol. The molecule has 0 aliphatic rings. The van der Waals surface area contributed by atoms with Crippen molar-refractivity contribution in [1.82, 2.24) is 5.32 Å². The Kier molecular flexibility index (Phi) is 5.36. The summed E-state index contributed by atoms with van der Waals surface area (Å²) in [7, 11) is 0. The van der Waals surface area contributed by atoms with Gasteiger partial charge in [0.25, 0.3) is 0 Å². The summed E-state index contributed by atoms with van der Waals surface area (Å²) in [5.74, 6) is 0.182. The molecule has 1 amide bonds. The van der Waals surface area contributed by atoms with Crippen molar-refractivity contribution in [2.45, 2.75) is 26.3 Å². The van der Waals surface area contributed by atoms with E-state index in [-0.39, 0.29) is 11.8 Å². The Morgan fingerprint density at radius 2 is 2.47 bits per heavy atom. The zero-order valence-corrected chi connectivity index (χ0v) is 9.85. The number of amides is 1. The Balaban J connectivity index is 2.23. The Morgan fingerprint density at radius 3 is 3.07 bits per heavy atom. The maximum Gasteiger partial charge on any atom is 0.223 e. The number of carbonyl (C=O) groups excluding carboxylic acids is 1. The highest BCUT2D eigenvalue weighted by Gasteiger charge is 2.11. The minimum atomic E-state index is 0.0622. The average molecular weight is 226 g/mol. The zero-order valence-electron chi connectivity index (χ0n) is 9.03. The molecule has 0 saturated carbocycles. The summed E-state index contributed by atoms with van der Waals surface area (Å²) in [6.45, 7) is 3.23. The highest BCUT2D eigenvalue weighted by molar-refractivity contribution is 7.07. The largest absolute Gasteiger partial charge is 0.352 e. The maximum atomic E-state index is 11.6. The van der Waals surface area contributed by atoms with Gasteiger partial charge in [0.05, 0.1) is 0 Å². The highest BCUT2D eigenvalue weighted by atomic mass is 32.1. The highest BCUT2D eigenvalue weighted by Crippen LogP contribution is 2.07. The number of hydrogen-bond donors (Lipinski definition) is 2. The summed E-state index contributed by atoms with van der Waals surface area (Å²) >= 11 is 1.65. The predicted molar refractivity (Wildman–Crippen MR) is 63.6 cm³/mol. The van der Waals surface area contributed by atoms with Crippen LogP contribution in [0.3, 0.4) is 0 Å². The third kappa shape index (κ3) is 4.44. The van der Waals surface area contributed by atoms with Gasteiger partial charge in [-0.05, 0) is 41.8 Å². The molecule has 0 fully saturated rings. The van der Waals surface area contributed by atoms with E-state index in [1.54, 1.807) is 11.3 Å². The van der Waals surface area contributed by atoms with Crippen molar-refractivity contribution < 1.29 is 4.79 Å². The number of thiophene rings is 1. The van der Waals surface area contributed by atoms with Gasteiger partial charge in [-0.3, -0.25) is 4.79 Å². The third-order valence-electron chi connectivity index (χ3n) is 2.34. The molecule has 0 saturated heterocycles. The maximum absolute atomic E-state index is 11.6. The molecule has 0 radical (unpaired) electrons. The van der Waals surface area contributed by atoms with E-state index < -0.39 is 0 Å². The second-order valence-corrected chi connectivity index (χ2v) is 4.46. The second-order valence-electron chi connectivity index (χ2n) is 3.68. The molecule has 1 aromatic heterocycles. The molecule has 1 rings (SSSR count). The molecule has 0 aromatic carbocycles. The molecule has 1 unspecified atom stereocenters. The van der Waals surface area contributed by atoms with E-state index in [1.165, 1.54) is 5.56 Å². The fraction of sp³-hybridized carbons (Fsp3) is 0.545. The monoisotopic (exact) mass is 226 g/mol. The lowest BCUT2D eigenvalue weighted by atomic mass is 10.0. The van der Waals surface area contributed by atoms with Crippen LogP contribution in [-0.2, 0) is 11.3 Å². The van der Waals surface area contributed by atoms with E-state index in [1.807, 2.05) is 23.8 Å². The van der Waals surface area contributed by atoms with Crippen LogP contribution in [0.2, 0.25) is 0 Å². The Hall–Kier alpha value is -0.870. The van der Waals surface area contributed by atoms with Gasteiger partial charge < -0.3 is 11.1 Å². The van der Waals surface area contributed by atoms with Crippen LogP contribution in [0.4, 0.5) is 0 Å². The van der Waals surface area contributed by atoms with Crippen LogP contribution in [0.1, 0.15) is 25.3 Å². The molecule has 0 aliphatic carbocycles. The summed E-state index contributed by atoms with van der Waals surface area (Å²) in [5, 5.41) is 6.98. The minimum Gasteiger partial charge on any atom is -0.352 e. The van der Waals surface area contributed by atoms with E-state index in [9.17, 15) is 4.79 Å².